The van der Waals surface area contributed by atoms with Crippen LogP contribution >= 0.6 is 0 Å². The molecule has 1 aromatic heterocycles. The average Bonchev–Trinajstić information content (AvgIpc) is 2.47. The van der Waals surface area contributed by atoms with E-state index in [9.17, 15) is 4.79 Å². The first-order valence-corrected chi connectivity index (χ1v) is 7.79. The van der Waals surface area contributed by atoms with Crippen LogP contribution in [-0.4, -0.2) is 36.2 Å². The van der Waals surface area contributed by atoms with Crippen molar-refractivity contribution in [2.24, 2.45) is 0 Å². The Morgan fingerprint density at radius 3 is 2.90 bits per heavy atom. The van der Waals surface area contributed by atoms with E-state index in [0.717, 1.165) is 37.3 Å². The molecule has 2 rings (SSSR count). The Morgan fingerprint density at radius 1 is 1.43 bits per heavy atom. The molecule has 2 unspecified atom stereocenters. The van der Waals surface area contributed by atoms with Gasteiger partial charge in [-0.15, -0.1) is 0 Å². The summed E-state index contributed by atoms with van der Waals surface area (Å²) in [5.74, 6) is 0.743. The van der Waals surface area contributed by atoms with E-state index >= 15 is 0 Å². The number of carbonyl (C=O) groups is 1. The van der Waals surface area contributed by atoms with Gasteiger partial charge in [-0.25, -0.2) is 4.98 Å². The number of rotatable bonds is 5. The lowest BCUT2D eigenvalue weighted by Gasteiger charge is -2.28. The molecule has 21 heavy (non-hydrogen) atoms. The summed E-state index contributed by atoms with van der Waals surface area (Å²) in [6.45, 7) is 7.61. The maximum absolute atomic E-state index is 12.4. The molecule has 2 heterocycles. The Balaban J connectivity index is 2.08. The molecule has 0 radical (unpaired) electrons. The highest BCUT2D eigenvalue weighted by atomic mass is 16.5. The van der Waals surface area contributed by atoms with Gasteiger partial charge in [-0.2, -0.15) is 0 Å². The third-order valence-electron chi connectivity index (χ3n) is 3.68. The third-order valence-corrected chi connectivity index (χ3v) is 3.68. The molecule has 0 saturated carbocycles. The van der Waals surface area contributed by atoms with Crippen LogP contribution in [0.4, 0.5) is 5.82 Å². The number of aromatic nitrogens is 1. The van der Waals surface area contributed by atoms with Crippen LogP contribution in [-0.2, 0) is 11.2 Å². The van der Waals surface area contributed by atoms with Gasteiger partial charge in [0.25, 0.3) is 5.91 Å². The SMILES string of the molecule is CCNc1cc(C(=O)NC2CCOC(C)C2)cc(CC)n1. The lowest BCUT2D eigenvalue weighted by Crippen LogP contribution is -2.41. The van der Waals surface area contributed by atoms with Gasteiger partial charge in [-0.05, 0) is 45.2 Å². The lowest BCUT2D eigenvalue weighted by atomic mass is 10.0. The molecule has 2 N–H and O–H groups in total. The Hall–Kier alpha value is -1.62. The fourth-order valence-corrected chi connectivity index (χ4v) is 2.57. The Labute approximate surface area is 126 Å². The molecular formula is C16H25N3O2. The number of pyridine rings is 1. The fraction of sp³-hybridized carbons (Fsp3) is 0.625. The van der Waals surface area contributed by atoms with Gasteiger partial charge in [0.1, 0.15) is 5.82 Å². The largest absolute Gasteiger partial charge is 0.378 e. The first-order valence-electron chi connectivity index (χ1n) is 7.79. The fourth-order valence-electron chi connectivity index (χ4n) is 2.57. The number of nitrogens with zero attached hydrogens (tertiary/aromatic N) is 1. The molecule has 1 amide bonds. The lowest BCUT2D eigenvalue weighted by molar-refractivity contribution is 0.0136. The van der Waals surface area contributed by atoms with E-state index in [0.29, 0.717) is 12.2 Å². The molecule has 2 atom stereocenters. The van der Waals surface area contributed by atoms with Crippen molar-refractivity contribution in [2.45, 2.75) is 52.2 Å². The van der Waals surface area contributed by atoms with E-state index < -0.39 is 0 Å². The summed E-state index contributed by atoms with van der Waals surface area (Å²) in [6.07, 6.45) is 2.78. The first-order chi connectivity index (χ1) is 10.1. The highest BCUT2D eigenvalue weighted by Crippen LogP contribution is 2.15. The molecule has 5 heteroatoms. The van der Waals surface area contributed by atoms with Crippen LogP contribution in [0.2, 0.25) is 0 Å². The summed E-state index contributed by atoms with van der Waals surface area (Å²) in [5, 5.41) is 6.29. The van der Waals surface area contributed by atoms with E-state index in [4.69, 9.17) is 4.74 Å². The third kappa shape index (κ3) is 4.43. The number of anilines is 1. The van der Waals surface area contributed by atoms with Gasteiger partial charge < -0.3 is 15.4 Å². The number of nitrogens with one attached hydrogen (secondary N) is 2. The second-order valence-corrected chi connectivity index (χ2v) is 5.49. The summed E-state index contributed by atoms with van der Waals surface area (Å²) in [4.78, 5) is 16.9. The standard InChI is InChI=1S/C16H25N3O2/c1-4-13-9-12(10-15(18-13)17-5-2)16(20)19-14-6-7-21-11(3)8-14/h9-11,14H,4-8H2,1-3H3,(H,17,18)(H,19,20). The Morgan fingerprint density at radius 2 is 2.24 bits per heavy atom. The Bertz CT molecular complexity index is 490. The van der Waals surface area contributed by atoms with Gasteiger partial charge in [0.2, 0.25) is 0 Å². The molecule has 0 aromatic carbocycles. The van der Waals surface area contributed by atoms with Gasteiger partial charge in [0, 0.05) is 30.5 Å². The summed E-state index contributed by atoms with van der Waals surface area (Å²) >= 11 is 0. The molecule has 1 fully saturated rings. The van der Waals surface area contributed by atoms with Crippen molar-refractivity contribution < 1.29 is 9.53 Å². The molecule has 1 aliphatic heterocycles. The normalized spacial score (nSPS) is 21.9. The summed E-state index contributed by atoms with van der Waals surface area (Å²) in [6, 6.07) is 3.89. The topological polar surface area (TPSA) is 63.2 Å². The predicted molar refractivity (Wildman–Crippen MR) is 83.7 cm³/mol. The summed E-state index contributed by atoms with van der Waals surface area (Å²) < 4.78 is 5.51. The van der Waals surface area contributed by atoms with E-state index in [1.54, 1.807) is 0 Å². The maximum Gasteiger partial charge on any atom is 0.251 e. The monoisotopic (exact) mass is 291 g/mol. The van der Waals surface area contributed by atoms with Gasteiger partial charge in [0.15, 0.2) is 0 Å². The van der Waals surface area contributed by atoms with Crippen LogP contribution < -0.4 is 10.6 Å². The highest BCUT2D eigenvalue weighted by Gasteiger charge is 2.21. The number of carbonyl (C=O) groups excluding carboxylic acids is 1. The van der Waals surface area contributed by atoms with Gasteiger partial charge in [-0.3, -0.25) is 4.79 Å². The average molecular weight is 291 g/mol. The first kappa shape index (κ1) is 15.8. The van der Waals surface area contributed by atoms with Crippen LogP contribution in [0.1, 0.15) is 49.7 Å². The predicted octanol–water partition coefficient (Wildman–Crippen LogP) is 2.37. The van der Waals surface area contributed by atoms with Gasteiger partial charge >= 0.3 is 0 Å². The molecule has 5 nitrogen and oxygen atoms in total. The minimum absolute atomic E-state index is 0.0228. The van der Waals surface area contributed by atoms with Crippen molar-refractivity contribution in [1.29, 1.82) is 0 Å². The van der Waals surface area contributed by atoms with Crippen molar-refractivity contribution in [3.8, 4) is 0 Å². The second kappa shape index (κ2) is 7.41. The van der Waals surface area contributed by atoms with Gasteiger partial charge in [0.05, 0.1) is 6.10 Å². The van der Waals surface area contributed by atoms with E-state index in [2.05, 4.69) is 15.6 Å². The molecular weight excluding hydrogens is 266 g/mol. The molecule has 1 aromatic rings. The van der Waals surface area contributed by atoms with Crippen molar-refractivity contribution in [3.63, 3.8) is 0 Å². The van der Waals surface area contributed by atoms with E-state index in [1.165, 1.54) is 0 Å². The minimum atomic E-state index is -0.0228. The number of hydrogen-bond acceptors (Lipinski definition) is 4. The maximum atomic E-state index is 12.4. The molecule has 0 bridgehead atoms. The highest BCUT2D eigenvalue weighted by molar-refractivity contribution is 5.95. The van der Waals surface area contributed by atoms with E-state index in [1.807, 2.05) is 32.9 Å². The van der Waals surface area contributed by atoms with Crippen LogP contribution in [0.3, 0.4) is 0 Å². The molecule has 1 saturated heterocycles. The number of ether oxygens (including phenoxy) is 1. The quantitative estimate of drug-likeness (QED) is 0.874. The number of hydrogen-bond donors (Lipinski definition) is 2. The molecule has 0 spiro atoms. The van der Waals surface area contributed by atoms with Crippen LogP contribution in [0, 0.1) is 0 Å². The second-order valence-electron chi connectivity index (χ2n) is 5.49. The van der Waals surface area contributed by atoms with Crippen molar-refractivity contribution in [1.82, 2.24) is 10.3 Å². The Kier molecular flexibility index (Phi) is 5.56. The van der Waals surface area contributed by atoms with Gasteiger partial charge in [-0.1, -0.05) is 6.92 Å². The summed E-state index contributed by atoms with van der Waals surface area (Å²) in [7, 11) is 0. The minimum Gasteiger partial charge on any atom is -0.378 e. The van der Waals surface area contributed by atoms with Crippen LogP contribution in [0.5, 0.6) is 0 Å². The van der Waals surface area contributed by atoms with Crippen molar-refractivity contribution >= 4 is 11.7 Å². The van der Waals surface area contributed by atoms with Crippen molar-refractivity contribution in [3.05, 3.63) is 23.4 Å². The number of amides is 1. The smallest absolute Gasteiger partial charge is 0.251 e. The zero-order valence-electron chi connectivity index (χ0n) is 13.1. The van der Waals surface area contributed by atoms with Crippen molar-refractivity contribution in [2.75, 3.05) is 18.5 Å². The molecule has 116 valence electrons. The zero-order valence-corrected chi connectivity index (χ0v) is 13.1. The van der Waals surface area contributed by atoms with Crippen LogP contribution in [0.15, 0.2) is 12.1 Å². The zero-order chi connectivity index (χ0) is 15.2. The molecule has 0 aliphatic carbocycles. The molecule has 1 aliphatic rings. The summed E-state index contributed by atoms with van der Waals surface area (Å²) in [5.41, 5.74) is 1.61. The number of aryl methyl sites for hydroxylation is 1. The van der Waals surface area contributed by atoms with Crippen LogP contribution in [0.25, 0.3) is 0 Å². The van der Waals surface area contributed by atoms with E-state index in [-0.39, 0.29) is 18.1 Å².